The Hall–Kier alpha value is -2.11. The van der Waals surface area contributed by atoms with Crippen molar-refractivity contribution < 1.29 is 18.7 Å². The lowest BCUT2D eigenvalue weighted by Crippen LogP contribution is -2.34. The lowest BCUT2D eigenvalue weighted by atomic mass is 9.95. The molecule has 1 atom stereocenters. The maximum Gasteiger partial charge on any atom is 0.415 e. The predicted molar refractivity (Wildman–Crippen MR) is 55.4 cm³/mol. The first-order valence-electron chi connectivity index (χ1n) is 5.16. The van der Waals surface area contributed by atoms with Gasteiger partial charge in [0.1, 0.15) is 5.82 Å². The summed E-state index contributed by atoms with van der Waals surface area (Å²) in [6, 6.07) is 2.66. The van der Waals surface area contributed by atoms with Gasteiger partial charge in [-0.2, -0.15) is 0 Å². The Morgan fingerprint density at radius 1 is 1.41 bits per heavy atom. The van der Waals surface area contributed by atoms with Crippen molar-refractivity contribution >= 4 is 17.7 Å². The smallest absolute Gasteiger partial charge is 0.415 e. The zero-order chi connectivity index (χ0) is 12.2. The number of nitrogen functional groups attached to an aromatic ring is 1. The maximum absolute atomic E-state index is 13.4. The van der Waals surface area contributed by atoms with Gasteiger partial charge in [0.15, 0.2) is 0 Å². The highest BCUT2D eigenvalue weighted by molar-refractivity contribution is 6.04. The molecule has 3 N–H and O–H groups in total. The number of anilines is 1. The van der Waals surface area contributed by atoms with E-state index >= 15 is 0 Å². The highest BCUT2D eigenvalue weighted by atomic mass is 19.1. The molecule has 3 rings (SSSR count). The van der Waals surface area contributed by atoms with E-state index in [2.05, 4.69) is 5.32 Å². The first-order chi connectivity index (χ1) is 8.03. The molecule has 0 radical (unpaired) electrons. The van der Waals surface area contributed by atoms with Crippen LogP contribution in [0.4, 0.5) is 14.9 Å². The number of hydrogen-bond acceptors (Lipinski definition) is 4. The summed E-state index contributed by atoms with van der Waals surface area (Å²) < 4.78 is 18.5. The molecule has 88 valence electrons. The molecule has 2 amide bonds. The van der Waals surface area contributed by atoms with E-state index in [1.165, 1.54) is 12.1 Å². The number of halogens is 1. The number of rotatable bonds is 0. The van der Waals surface area contributed by atoms with Gasteiger partial charge in [0, 0.05) is 12.0 Å². The third kappa shape index (κ3) is 1.17. The molecule has 1 aromatic carbocycles. The van der Waals surface area contributed by atoms with Crippen molar-refractivity contribution in [3.63, 3.8) is 0 Å². The molecule has 0 saturated carbocycles. The highest BCUT2D eigenvalue weighted by Crippen LogP contribution is 2.43. The van der Waals surface area contributed by atoms with Crippen LogP contribution in [0.25, 0.3) is 0 Å². The fourth-order valence-electron chi connectivity index (χ4n) is 2.43. The Kier molecular flexibility index (Phi) is 1.76. The number of amides is 2. The molecular formula is C11H9FN2O3. The summed E-state index contributed by atoms with van der Waals surface area (Å²) in [5, 5.41) is 2.07. The van der Waals surface area contributed by atoms with Crippen molar-refractivity contribution in [2.45, 2.75) is 18.4 Å². The van der Waals surface area contributed by atoms with Crippen LogP contribution in [0, 0.1) is 5.82 Å². The summed E-state index contributed by atoms with van der Waals surface area (Å²) in [7, 11) is 0. The largest absolute Gasteiger partial charge is 0.427 e. The van der Waals surface area contributed by atoms with Gasteiger partial charge in [0.05, 0.1) is 5.69 Å². The monoisotopic (exact) mass is 236 g/mol. The molecule has 1 saturated heterocycles. The molecule has 1 aliphatic carbocycles. The normalized spacial score (nSPS) is 25.9. The summed E-state index contributed by atoms with van der Waals surface area (Å²) in [5.74, 6) is -1.15. The van der Waals surface area contributed by atoms with E-state index in [0.717, 1.165) is 5.56 Å². The van der Waals surface area contributed by atoms with E-state index in [1.807, 2.05) is 0 Å². The number of carbonyl (C=O) groups is 2. The van der Waals surface area contributed by atoms with Crippen molar-refractivity contribution in [1.82, 2.24) is 5.32 Å². The van der Waals surface area contributed by atoms with E-state index in [4.69, 9.17) is 10.5 Å². The summed E-state index contributed by atoms with van der Waals surface area (Å²) >= 11 is 0. The number of nitrogens with two attached hydrogens (primary N) is 1. The maximum atomic E-state index is 13.4. The molecule has 1 spiro atoms. The summed E-state index contributed by atoms with van der Waals surface area (Å²) in [4.78, 5) is 22.9. The number of hydrogen-bond donors (Lipinski definition) is 2. The zero-order valence-electron chi connectivity index (χ0n) is 8.75. The molecule has 5 nitrogen and oxygen atoms in total. The average molecular weight is 236 g/mol. The number of fused-ring (bicyclic) bond motifs is 2. The van der Waals surface area contributed by atoms with Crippen LogP contribution in [0.15, 0.2) is 12.1 Å². The van der Waals surface area contributed by atoms with Crippen molar-refractivity contribution in [1.29, 1.82) is 0 Å². The van der Waals surface area contributed by atoms with Gasteiger partial charge >= 0.3 is 6.09 Å². The van der Waals surface area contributed by atoms with Crippen LogP contribution < -0.4 is 11.1 Å². The third-order valence-electron chi connectivity index (χ3n) is 3.25. The minimum absolute atomic E-state index is 0.0329. The number of ether oxygens (including phenoxy) is 1. The number of carbonyl (C=O) groups excluding carboxylic acids is 2. The Bertz CT molecular complexity index is 558. The Morgan fingerprint density at radius 3 is 2.82 bits per heavy atom. The average Bonchev–Trinajstić information content (AvgIpc) is 2.73. The lowest BCUT2D eigenvalue weighted by Gasteiger charge is -2.19. The number of benzene rings is 1. The fraction of sp³-hybridized carbons (Fsp3) is 0.273. The quantitative estimate of drug-likeness (QED) is 0.653. The zero-order valence-corrected chi connectivity index (χ0v) is 8.75. The molecule has 1 unspecified atom stereocenters. The molecule has 0 aromatic heterocycles. The molecule has 1 aliphatic heterocycles. The van der Waals surface area contributed by atoms with E-state index in [9.17, 15) is 14.0 Å². The van der Waals surface area contributed by atoms with Crippen LogP contribution in [-0.4, -0.2) is 12.0 Å². The SMILES string of the molecule is Nc1cc2c(cc1F)C1(CC2)OC(=O)NC1=O. The highest BCUT2D eigenvalue weighted by Gasteiger charge is 2.54. The second kappa shape index (κ2) is 2.97. The molecular weight excluding hydrogens is 227 g/mol. The second-order valence-corrected chi connectivity index (χ2v) is 4.20. The first kappa shape index (κ1) is 10.1. The molecule has 1 aromatic rings. The summed E-state index contributed by atoms with van der Waals surface area (Å²) in [5.41, 5.74) is 5.27. The van der Waals surface area contributed by atoms with E-state index in [1.54, 1.807) is 0 Å². The van der Waals surface area contributed by atoms with Gasteiger partial charge in [-0.15, -0.1) is 0 Å². The van der Waals surface area contributed by atoms with E-state index < -0.39 is 23.4 Å². The van der Waals surface area contributed by atoms with Gasteiger partial charge in [0.2, 0.25) is 5.60 Å². The van der Waals surface area contributed by atoms with Crippen LogP contribution in [0.1, 0.15) is 17.5 Å². The molecule has 0 bridgehead atoms. The number of alkyl carbamates (subject to hydrolysis) is 1. The van der Waals surface area contributed by atoms with E-state index in [-0.39, 0.29) is 5.69 Å². The van der Waals surface area contributed by atoms with Gasteiger partial charge in [-0.3, -0.25) is 10.1 Å². The lowest BCUT2D eigenvalue weighted by molar-refractivity contribution is -0.131. The van der Waals surface area contributed by atoms with Gasteiger partial charge in [-0.1, -0.05) is 0 Å². The molecule has 2 aliphatic rings. The third-order valence-corrected chi connectivity index (χ3v) is 3.25. The van der Waals surface area contributed by atoms with Crippen LogP contribution in [0.3, 0.4) is 0 Å². The predicted octanol–water partition coefficient (Wildman–Crippen LogP) is 0.816. The topological polar surface area (TPSA) is 81.4 Å². The Balaban J connectivity index is 2.19. The summed E-state index contributed by atoms with van der Waals surface area (Å²) in [6.07, 6.45) is 0.0589. The van der Waals surface area contributed by atoms with E-state index in [0.29, 0.717) is 18.4 Å². The van der Waals surface area contributed by atoms with Crippen molar-refractivity contribution in [2.75, 3.05) is 5.73 Å². The van der Waals surface area contributed by atoms with Crippen LogP contribution in [0.2, 0.25) is 0 Å². The first-order valence-corrected chi connectivity index (χ1v) is 5.16. The minimum Gasteiger partial charge on any atom is -0.427 e. The summed E-state index contributed by atoms with van der Waals surface area (Å²) in [6.45, 7) is 0. The minimum atomic E-state index is -1.36. The van der Waals surface area contributed by atoms with Gasteiger partial charge in [-0.05, 0) is 24.1 Å². The van der Waals surface area contributed by atoms with Crippen LogP contribution in [-0.2, 0) is 21.6 Å². The Morgan fingerprint density at radius 2 is 2.18 bits per heavy atom. The molecule has 1 fully saturated rings. The Labute approximate surface area is 95.7 Å². The van der Waals surface area contributed by atoms with Crippen molar-refractivity contribution in [2.24, 2.45) is 0 Å². The second-order valence-electron chi connectivity index (χ2n) is 4.20. The molecule has 17 heavy (non-hydrogen) atoms. The van der Waals surface area contributed by atoms with Gasteiger partial charge in [-0.25, -0.2) is 9.18 Å². The van der Waals surface area contributed by atoms with Crippen molar-refractivity contribution in [3.8, 4) is 0 Å². The standard InChI is InChI=1S/C11H9FN2O3/c12-7-4-6-5(3-8(7)13)1-2-11(6)9(15)14-10(16)17-11/h3-4H,1-2,13H2,(H,14,15,16). The number of imide groups is 1. The number of aryl methyl sites for hydroxylation is 1. The van der Waals surface area contributed by atoms with Crippen LogP contribution in [0.5, 0.6) is 0 Å². The van der Waals surface area contributed by atoms with Gasteiger partial charge < -0.3 is 10.5 Å². The van der Waals surface area contributed by atoms with Crippen molar-refractivity contribution in [3.05, 3.63) is 29.1 Å². The fourth-order valence-corrected chi connectivity index (χ4v) is 2.43. The molecule has 1 heterocycles. The van der Waals surface area contributed by atoms with Gasteiger partial charge in [0.25, 0.3) is 5.91 Å². The number of nitrogens with one attached hydrogen (secondary N) is 1. The molecule has 6 heteroatoms. The van der Waals surface area contributed by atoms with Crippen LogP contribution >= 0.6 is 0 Å².